The first kappa shape index (κ1) is 15.5. The predicted octanol–water partition coefficient (Wildman–Crippen LogP) is 2.60. The lowest BCUT2D eigenvalue weighted by Crippen LogP contribution is -2.29. The molecule has 0 bridgehead atoms. The summed E-state index contributed by atoms with van der Waals surface area (Å²) in [5.74, 6) is 0.393. The number of ether oxygens (including phenoxy) is 1. The van der Waals surface area contributed by atoms with Crippen LogP contribution in [0.25, 0.3) is 0 Å². The van der Waals surface area contributed by atoms with Gasteiger partial charge in [0.1, 0.15) is 5.75 Å². The van der Waals surface area contributed by atoms with Crippen LogP contribution in [0.2, 0.25) is 0 Å². The zero-order valence-corrected chi connectivity index (χ0v) is 12.1. The third-order valence-electron chi connectivity index (χ3n) is 3.08. The molecule has 0 saturated heterocycles. The Labute approximate surface area is 114 Å². The van der Waals surface area contributed by atoms with Gasteiger partial charge in [-0.15, -0.1) is 0 Å². The summed E-state index contributed by atoms with van der Waals surface area (Å²) in [6, 6.07) is 5.53. The van der Waals surface area contributed by atoms with Crippen LogP contribution in [0.5, 0.6) is 5.75 Å². The molecule has 1 aromatic carbocycles. The Morgan fingerprint density at radius 2 is 2.11 bits per heavy atom. The van der Waals surface area contributed by atoms with E-state index >= 15 is 0 Å². The maximum absolute atomic E-state index is 12.0. The summed E-state index contributed by atoms with van der Waals surface area (Å²) in [7, 11) is 0. The number of benzene rings is 1. The second-order valence-corrected chi connectivity index (χ2v) is 4.94. The average Bonchev–Trinajstić information content (AvgIpc) is 2.33. The third-order valence-corrected chi connectivity index (χ3v) is 3.08. The van der Waals surface area contributed by atoms with Crippen LogP contribution in [0, 0.1) is 18.8 Å². The van der Waals surface area contributed by atoms with E-state index in [-0.39, 0.29) is 24.3 Å². The molecule has 0 aliphatic heterocycles. The lowest BCUT2D eigenvalue weighted by molar-refractivity contribution is -0.122. The minimum Gasteiger partial charge on any atom is -0.494 e. The van der Waals surface area contributed by atoms with Crippen molar-refractivity contribution in [2.24, 2.45) is 11.8 Å². The van der Waals surface area contributed by atoms with E-state index in [0.717, 1.165) is 17.0 Å². The topological polar surface area (TPSA) is 58.6 Å². The van der Waals surface area contributed by atoms with Gasteiger partial charge in [0.2, 0.25) is 5.91 Å². The van der Waals surface area contributed by atoms with Crippen LogP contribution in [0.3, 0.4) is 0 Å². The Balaban J connectivity index is 2.77. The molecule has 19 heavy (non-hydrogen) atoms. The van der Waals surface area contributed by atoms with Gasteiger partial charge in [0.25, 0.3) is 0 Å². The van der Waals surface area contributed by atoms with Crippen LogP contribution in [-0.4, -0.2) is 24.2 Å². The van der Waals surface area contributed by atoms with Gasteiger partial charge in [-0.05, 0) is 43.5 Å². The maximum atomic E-state index is 12.0. The zero-order chi connectivity index (χ0) is 14.4. The van der Waals surface area contributed by atoms with Gasteiger partial charge in [0, 0.05) is 5.69 Å². The standard InChI is InChI=1S/C15H23NO3/c1-5-19-14-7-6-12(8-11(14)4)16-15(18)13(9-17)10(2)3/h6-8,10,13,17H,5,9H2,1-4H3,(H,16,18). The monoisotopic (exact) mass is 265 g/mol. The molecule has 0 radical (unpaired) electrons. The molecule has 0 aromatic heterocycles. The van der Waals surface area contributed by atoms with E-state index in [2.05, 4.69) is 5.32 Å². The molecular weight excluding hydrogens is 242 g/mol. The molecule has 0 heterocycles. The lowest BCUT2D eigenvalue weighted by Gasteiger charge is -2.18. The Kier molecular flexibility index (Phi) is 5.83. The highest BCUT2D eigenvalue weighted by Crippen LogP contribution is 2.23. The van der Waals surface area contributed by atoms with Gasteiger partial charge < -0.3 is 15.2 Å². The molecule has 0 aliphatic rings. The lowest BCUT2D eigenvalue weighted by atomic mass is 9.96. The second kappa shape index (κ2) is 7.14. The van der Waals surface area contributed by atoms with Crippen molar-refractivity contribution in [3.05, 3.63) is 23.8 Å². The Hall–Kier alpha value is -1.55. The number of carbonyl (C=O) groups excluding carboxylic acids is 1. The van der Waals surface area contributed by atoms with Gasteiger partial charge in [-0.3, -0.25) is 4.79 Å². The molecule has 0 saturated carbocycles. The van der Waals surface area contributed by atoms with Gasteiger partial charge >= 0.3 is 0 Å². The van der Waals surface area contributed by atoms with E-state index in [9.17, 15) is 9.90 Å². The number of nitrogens with one attached hydrogen (secondary N) is 1. The summed E-state index contributed by atoms with van der Waals surface area (Å²) in [6.45, 7) is 8.19. The third kappa shape index (κ3) is 4.24. The SMILES string of the molecule is CCOc1ccc(NC(=O)C(CO)C(C)C)cc1C. The predicted molar refractivity (Wildman–Crippen MR) is 76.4 cm³/mol. The van der Waals surface area contributed by atoms with Crippen molar-refractivity contribution in [1.82, 2.24) is 0 Å². The molecular formula is C15H23NO3. The largest absolute Gasteiger partial charge is 0.494 e. The summed E-state index contributed by atoms with van der Waals surface area (Å²) in [5, 5.41) is 12.1. The van der Waals surface area contributed by atoms with Gasteiger partial charge in [0.15, 0.2) is 0 Å². The summed E-state index contributed by atoms with van der Waals surface area (Å²) in [5.41, 5.74) is 1.70. The quantitative estimate of drug-likeness (QED) is 0.831. The summed E-state index contributed by atoms with van der Waals surface area (Å²) in [4.78, 5) is 12.0. The normalized spacial score (nSPS) is 12.3. The zero-order valence-electron chi connectivity index (χ0n) is 12.1. The van der Waals surface area contributed by atoms with Crippen LogP contribution in [0.4, 0.5) is 5.69 Å². The van der Waals surface area contributed by atoms with Crippen molar-refractivity contribution in [3.8, 4) is 5.75 Å². The van der Waals surface area contributed by atoms with E-state index in [1.165, 1.54) is 0 Å². The molecule has 0 fully saturated rings. The fourth-order valence-corrected chi connectivity index (χ4v) is 1.88. The van der Waals surface area contributed by atoms with Gasteiger partial charge in [-0.1, -0.05) is 13.8 Å². The number of aliphatic hydroxyl groups is 1. The molecule has 1 unspecified atom stereocenters. The fourth-order valence-electron chi connectivity index (χ4n) is 1.88. The number of hydrogen-bond acceptors (Lipinski definition) is 3. The first-order valence-electron chi connectivity index (χ1n) is 6.64. The molecule has 1 aromatic rings. The molecule has 0 aliphatic carbocycles. The molecule has 1 atom stereocenters. The van der Waals surface area contributed by atoms with E-state index in [1.807, 2.05) is 45.9 Å². The molecule has 2 N–H and O–H groups in total. The Morgan fingerprint density at radius 1 is 1.42 bits per heavy atom. The van der Waals surface area contributed by atoms with E-state index in [0.29, 0.717) is 6.61 Å². The van der Waals surface area contributed by atoms with Crippen molar-refractivity contribution < 1.29 is 14.6 Å². The van der Waals surface area contributed by atoms with Crippen LogP contribution in [0.15, 0.2) is 18.2 Å². The molecule has 1 rings (SSSR count). The van der Waals surface area contributed by atoms with Crippen molar-refractivity contribution in [2.45, 2.75) is 27.7 Å². The van der Waals surface area contributed by atoms with Gasteiger partial charge in [-0.25, -0.2) is 0 Å². The van der Waals surface area contributed by atoms with E-state index in [1.54, 1.807) is 0 Å². The van der Waals surface area contributed by atoms with Crippen molar-refractivity contribution in [2.75, 3.05) is 18.5 Å². The summed E-state index contributed by atoms with van der Waals surface area (Å²) in [6.07, 6.45) is 0. The smallest absolute Gasteiger partial charge is 0.230 e. The highest BCUT2D eigenvalue weighted by molar-refractivity contribution is 5.93. The van der Waals surface area contributed by atoms with E-state index < -0.39 is 0 Å². The van der Waals surface area contributed by atoms with Crippen LogP contribution in [-0.2, 0) is 4.79 Å². The minimum absolute atomic E-state index is 0.105. The number of rotatable bonds is 6. The Morgan fingerprint density at radius 3 is 2.58 bits per heavy atom. The van der Waals surface area contributed by atoms with Crippen molar-refractivity contribution >= 4 is 11.6 Å². The summed E-state index contributed by atoms with van der Waals surface area (Å²) < 4.78 is 5.45. The van der Waals surface area contributed by atoms with Crippen LogP contribution in [0.1, 0.15) is 26.3 Å². The first-order chi connectivity index (χ1) is 8.99. The van der Waals surface area contributed by atoms with Gasteiger partial charge in [-0.2, -0.15) is 0 Å². The Bertz CT molecular complexity index is 429. The fraction of sp³-hybridized carbons (Fsp3) is 0.533. The molecule has 1 amide bonds. The number of amides is 1. The second-order valence-electron chi connectivity index (χ2n) is 4.94. The summed E-state index contributed by atoms with van der Waals surface area (Å²) >= 11 is 0. The van der Waals surface area contributed by atoms with E-state index in [4.69, 9.17) is 4.74 Å². The molecule has 106 valence electrons. The first-order valence-corrected chi connectivity index (χ1v) is 6.64. The van der Waals surface area contributed by atoms with Crippen LogP contribution < -0.4 is 10.1 Å². The van der Waals surface area contributed by atoms with Gasteiger partial charge in [0.05, 0.1) is 19.1 Å². The van der Waals surface area contributed by atoms with Crippen LogP contribution >= 0.6 is 0 Å². The number of aliphatic hydroxyl groups excluding tert-OH is 1. The van der Waals surface area contributed by atoms with Crippen molar-refractivity contribution in [3.63, 3.8) is 0 Å². The average molecular weight is 265 g/mol. The molecule has 0 spiro atoms. The highest BCUT2D eigenvalue weighted by atomic mass is 16.5. The number of aryl methyl sites for hydroxylation is 1. The number of anilines is 1. The minimum atomic E-state index is -0.383. The molecule has 4 nitrogen and oxygen atoms in total. The van der Waals surface area contributed by atoms with Crippen molar-refractivity contribution in [1.29, 1.82) is 0 Å². The highest BCUT2D eigenvalue weighted by Gasteiger charge is 2.21. The number of hydrogen-bond donors (Lipinski definition) is 2. The number of carbonyl (C=O) groups is 1. The molecule has 4 heteroatoms. The maximum Gasteiger partial charge on any atom is 0.230 e.